The Hall–Kier alpha value is -1.34. The second kappa shape index (κ2) is 3.33. The summed E-state index contributed by atoms with van der Waals surface area (Å²) in [4.78, 5) is 2.98. The van der Waals surface area contributed by atoms with Crippen LogP contribution >= 0.6 is 0 Å². The van der Waals surface area contributed by atoms with Crippen LogP contribution in [-0.4, -0.2) is 18.3 Å². The van der Waals surface area contributed by atoms with Gasteiger partial charge in [0.05, 0.1) is 11.5 Å². The Labute approximate surface area is 101 Å². The number of fused-ring (bicyclic) bond motifs is 1. The van der Waals surface area contributed by atoms with Crippen molar-refractivity contribution in [3.8, 4) is 0 Å². The van der Waals surface area contributed by atoms with Gasteiger partial charge in [0, 0.05) is 7.11 Å². The molecule has 0 radical (unpaired) electrons. The lowest BCUT2D eigenvalue weighted by Gasteiger charge is -2.21. The third kappa shape index (κ3) is 0.992. The van der Waals surface area contributed by atoms with Crippen LogP contribution in [0.5, 0.6) is 0 Å². The Kier molecular flexibility index (Phi) is 2.11. The van der Waals surface area contributed by atoms with Crippen molar-refractivity contribution in [2.24, 2.45) is 16.7 Å². The van der Waals surface area contributed by atoms with Crippen LogP contribution in [-0.2, 0) is 4.74 Å². The normalized spacial score (nSPS) is 47.2. The van der Waals surface area contributed by atoms with Gasteiger partial charge < -0.3 is 9.84 Å². The highest BCUT2D eigenvalue weighted by atomic mass is 16.5. The fraction of sp³-hybridized carbons (Fsp3) is 0.692. The zero-order valence-corrected chi connectivity index (χ0v) is 9.97. The van der Waals surface area contributed by atoms with E-state index in [9.17, 15) is 5.11 Å². The molecule has 2 saturated carbocycles. The molecule has 0 aromatic rings. The molecule has 90 valence electrons. The molecule has 0 bridgehead atoms. The average molecular weight is 233 g/mol. The summed E-state index contributed by atoms with van der Waals surface area (Å²) >= 11 is 0. The molecule has 17 heavy (non-hydrogen) atoms. The number of ether oxygens (including phenoxy) is 1. The highest BCUT2D eigenvalue weighted by molar-refractivity contribution is 5.43. The molecule has 4 nitrogen and oxygen atoms in total. The number of aliphatic hydroxyl groups excluding tert-OH is 1. The quantitative estimate of drug-likeness (QED) is 0.453. The van der Waals surface area contributed by atoms with Crippen molar-refractivity contribution in [3.63, 3.8) is 0 Å². The number of nitrogens with zero attached hydrogens (tertiary/aromatic N) is 2. The van der Waals surface area contributed by atoms with Gasteiger partial charge in [0.1, 0.15) is 0 Å². The van der Waals surface area contributed by atoms with E-state index in [1.807, 2.05) is 0 Å². The van der Waals surface area contributed by atoms with Gasteiger partial charge in [-0.2, -0.15) is 0 Å². The molecule has 3 aliphatic rings. The zero-order valence-electron chi connectivity index (χ0n) is 9.97. The van der Waals surface area contributed by atoms with Gasteiger partial charge in [0.25, 0.3) is 0 Å². The van der Waals surface area contributed by atoms with Crippen molar-refractivity contribution >= 4 is 0 Å². The van der Waals surface area contributed by atoms with Crippen molar-refractivity contribution in [2.75, 3.05) is 7.11 Å². The summed E-state index contributed by atoms with van der Waals surface area (Å²) < 4.78 is 5.56. The molecule has 0 aliphatic heterocycles. The molecule has 0 saturated heterocycles. The van der Waals surface area contributed by atoms with Crippen LogP contribution in [0.25, 0.3) is 4.98 Å². The first-order valence-corrected chi connectivity index (χ1v) is 6.17. The van der Waals surface area contributed by atoms with Gasteiger partial charge in [-0.3, -0.25) is 0 Å². The Bertz CT molecular complexity index is 451. The number of diazo groups is 1. The van der Waals surface area contributed by atoms with Crippen LogP contribution in [0.2, 0.25) is 0 Å². The number of allylic oxidation sites excluding steroid dienone is 2. The maximum absolute atomic E-state index is 10.3. The third-order valence-electron chi connectivity index (χ3n) is 5.16. The van der Waals surface area contributed by atoms with Crippen molar-refractivity contribution in [1.82, 2.24) is 0 Å². The monoisotopic (exact) mass is 233 g/mol. The van der Waals surface area contributed by atoms with E-state index < -0.39 is 0 Å². The van der Waals surface area contributed by atoms with Crippen LogP contribution in [0.1, 0.15) is 25.7 Å². The fourth-order valence-electron chi connectivity index (χ4n) is 4.60. The molecule has 3 rings (SSSR count). The smallest absolute Gasteiger partial charge is 0.388 e. The Morgan fingerprint density at radius 3 is 3.06 bits per heavy atom. The lowest BCUT2D eigenvalue weighted by Crippen LogP contribution is -2.26. The van der Waals surface area contributed by atoms with Crippen molar-refractivity contribution in [2.45, 2.75) is 31.8 Å². The topological polar surface area (TPSA) is 57.6 Å². The van der Waals surface area contributed by atoms with Crippen LogP contribution in [0.3, 0.4) is 0 Å². The summed E-state index contributed by atoms with van der Waals surface area (Å²) in [7, 11) is 1.70. The Morgan fingerprint density at radius 2 is 2.41 bits per heavy atom. The van der Waals surface area contributed by atoms with E-state index in [1.54, 1.807) is 7.11 Å². The predicted octanol–water partition coefficient (Wildman–Crippen LogP) is 3.00. The highest BCUT2D eigenvalue weighted by Crippen LogP contribution is 2.83. The number of hydrogen-bond donors (Lipinski definition) is 1. The van der Waals surface area contributed by atoms with Gasteiger partial charge in [0.15, 0.2) is 10.7 Å². The SMILES string of the molecule is CO[C@H]1CC[C@@]23CCC=C[C@@H]2[C@@]13/C(O)=C\[N+]#N. The molecule has 0 aromatic heterocycles. The Morgan fingerprint density at radius 1 is 1.59 bits per heavy atom. The fourth-order valence-corrected chi connectivity index (χ4v) is 4.60. The second-order valence-corrected chi connectivity index (χ2v) is 5.36. The number of rotatable bonds is 2. The highest BCUT2D eigenvalue weighted by Gasteiger charge is 2.83. The molecule has 0 unspecified atom stereocenters. The Balaban J connectivity index is 2.08. The van der Waals surface area contributed by atoms with E-state index in [0.29, 0.717) is 5.92 Å². The molecule has 1 spiro atoms. The summed E-state index contributed by atoms with van der Waals surface area (Å²) in [5.41, 5.74) is -0.186. The zero-order chi connectivity index (χ0) is 12.1. The van der Waals surface area contributed by atoms with Gasteiger partial charge in [-0.05, 0) is 37.0 Å². The van der Waals surface area contributed by atoms with Crippen LogP contribution < -0.4 is 0 Å². The average Bonchev–Trinajstić information content (AvgIpc) is 2.83. The van der Waals surface area contributed by atoms with Gasteiger partial charge in [-0.25, -0.2) is 0 Å². The molecule has 4 heteroatoms. The van der Waals surface area contributed by atoms with E-state index >= 15 is 0 Å². The first kappa shape index (κ1) is 10.8. The number of aliphatic hydroxyl groups is 1. The van der Waals surface area contributed by atoms with Gasteiger partial charge in [0.2, 0.25) is 5.39 Å². The van der Waals surface area contributed by atoms with E-state index in [4.69, 9.17) is 10.1 Å². The lowest BCUT2D eigenvalue weighted by atomic mass is 9.88. The first-order valence-electron chi connectivity index (χ1n) is 6.17. The first-order chi connectivity index (χ1) is 8.24. The molecule has 0 amide bonds. The minimum atomic E-state index is -0.332. The molecule has 1 N–H and O–H groups in total. The van der Waals surface area contributed by atoms with Crippen LogP contribution in [0.4, 0.5) is 0 Å². The van der Waals surface area contributed by atoms with Gasteiger partial charge in [-0.1, -0.05) is 12.2 Å². The predicted molar refractivity (Wildman–Crippen MR) is 62.6 cm³/mol. The summed E-state index contributed by atoms with van der Waals surface area (Å²) in [6.07, 6.45) is 9.82. The summed E-state index contributed by atoms with van der Waals surface area (Å²) in [6.45, 7) is 0. The molecule has 0 heterocycles. The molecule has 0 aromatic carbocycles. The van der Waals surface area contributed by atoms with Gasteiger partial charge >= 0.3 is 6.20 Å². The minimum Gasteiger partial charge on any atom is -0.505 e. The van der Waals surface area contributed by atoms with Crippen molar-refractivity contribution in [3.05, 3.63) is 29.1 Å². The maximum Gasteiger partial charge on any atom is 0.388 e. The summed E-state index contributed by atoms with van der Waals surface area (Å²) in [5, 5.41) is 18.9. The van der Waals surface area contributed by atoms with E-state index in [1.165, 1.54) is 6.20 Å². The standard InChI is InChI=1S/C13H16N2O2/c1-17-11-5-7-12-6-3-2-4-9(12)13(11,12)10(16)8-15-14/h2,4,8-9,11H,3,5-7H2,1H3/p+1/b10-8+/t9-,11-,12-,13+/m0/s1. The van der Waals surface area contributed by atoms with Crippen molar-refractivity contribution in [1.29, 1.82) is 5.39 Å². The molecule has 3 aliphatic carbocycles. The minimum absolute atomic E-state index is 0.0354. The van der Waals surface area contributed by atoms with Gasteiger partial charge in [-0.15, -0.1) is 0 Å². The lowest BCUT2D eigenvalue weighted by molar-refractivity contribution is 0.0384. The molecule has 4 atom stereocenters. The number of methoxy groups -OCH3 is 1. The van der Waals surface area contributed by atoms with Crippen molar-refractivity contribution < 1.29 is 9.84 Å². The molecule has 2 fully saturated rings. The molecular formula is C13H17N2O2+. The van der Waals surface area contributed by atoms with Crippen LogP contribution in [0.15, 0.2) is 24.1 Å². The summed E-state index contributed by atoms with van der Waals surface area (Å²) in [5.74, 6) is 0.529. The largest absolute Gasteiger partial charge is 0.505 e. The third-order valence-corrected chi connectivity index (χ3v) is 5.16. The number of hydrogen-bond acceptors (Lipinski definition) is 3. The van der Waals surface area contributed by atoms with E-state index in [2.05, 4.69) is 17.1 Å². The molecular weight excluding hydrogens is 216 g/mol. The van der Waals surface area contributed by atoms with Crippen LogP contribution in [0, 0.1) is 22.1 Å². The van der Waals surface area contributed by atoms with E-state index in [0.717, 1.165) is 25.7 Å². The summed E-state index contributed by atoms with van der Waals surface area (Å²) in [6, 6.07) is 0. The maximum atomic E-state index is 10.3. The second-order valence-electron chi connectivity index (χ2n) is 5.36. The van der Waals surface area contributed by atoms with E-state index in [-0.39, 0.29) is 22.7 Å².